The van der Waals surface area contributed by atoms with E-state index in [0.29, 0.717) is 4.47 Å². The van der Waals surface area contributed by atoms with Crippen molar-refractivity contribution in [3.8, 4) is 11.5 Å². The van der Waals surface area contributed by atoms with Gasteiger partial charge in [-0.2, -0.15) is 13.2 Å². The maximum Gasteiger partial charge on any atom is 0.416 e. The summed E-state index contributed by atoms with van der Waals surface area (Å²) in [4.78, 5) is 12.5. The van der Waals surface area contributed by atoms with Crippen LogP contribution in [-0.2, 0) is 6.18 Å². The van der Waals surface area contributed by atoms with Crippen LogP contribution in [0.25, 0.3) is 0 Å². The van der Waals surface area contributed by atoms with E-state index < -0.39 is 17.6 Å². The van der Waals surface area contributed by atoms with E-state index in [9.17, 15) is 18.0 Å². The molecule has 2 aromatic rings. The highest BCUT2D eigenvalue weighted by Crippen LogP contribution is 2.36. The lowest BCUT2D eigenvalue weighted by atomic mass is 10.1. The third-order valence-corrected chi connectivity index (χ3v) is 3.79. The van der Waals surface area contributed by atoms with Crippen LogP contribution < -0.4 is 14.8 Å². The molecule has 0 aromatic heterocycles. The number of carbonyl (C=O) groups is 1. The Morgan fingerprint density at radius 1 is 1.12 bits per heavy atom. The smallest absolute Gasteiger partial charge is 0.416 e. The molecule has 2 rings (SSSR count). The minimum absolute atomic E-state index is 0.0129. The number of nitrogens with one attached hydrogen (secondary N) is 1. The van der Waals surface area contributed by atoms with E-state index in [2.05, 4.69) is 21.2 Å². The first-order valence-electron chi connectivity index (χ1n) is 6.67. The largest absolute Gasteiger partial charge is 0.496 e. The lowest BCUT2D eigenvalue weighted by Gasteiger charge is -2.15. The average Bonchev–Trinajstić information content (AvgIpc) is 2.53. The molecular formula is C16H13BrF3NO3. The summed E-state index contributed by atoms with van der Waals surface area (Å²) in [6.45, 7) is 0. The second kappa shape index (κ2) is 7.12. The number of hydrogen-bond acceptors (Lipinski definition) is 3. The lowest BCUT2D eigenvalue weighted by molar-refractivity contribution is -0.137. The van der Waals surface area contributed by atoms with Gasteiger partial charge in [0.25, 0.3) is 5.91 Å². The quantitative estimate of drug-likeness (QED) is 0.801. The summed E-state index contributed by atoms with van der Waals surface area (Å²) in [5.41, 5.74) is -0.765. The topological polar surface area (TPSA) is 47.6 Å². The van der Waals surface area contributed by atoms with Crippen molar-refractivity contribution >= 4 is 27.5 Å². The Morgan fingerprint density at radius 3 is 2.42 bits per heavy atom. The second-order valence-corrected chi connectivity index (χ2v) is 5.54. The molecule has 0 spiro atoms. The summed E-state index contributed by atoms with van der Waals surface area (Å²) in [6.07, 6.45) is -4.49. The number of benzene rings is 2. The molecule has 2 aromatic carbocycles. The van der Waals surface area contributed by atoms with Gasteiger partial charge in [-0.1, -0.05) is 6.07 Å². The van der Waals surface area contributed by atoms with Crippen LogP contribution in [0.2, 0.25) is 0 Å². The first-order chi connectivity index (χ1) is 11.3. The van der Waals surface area contributed by atoms with Crippen LogP contribution in [0.15, 0.2) is 40.9 Å². The highest BCUT2D eigenvalue weighted by Gasteiger charge is 2.30. The van der Waals surface area contributed by atoms with E-state index in [1.807, 2.05) is 0 Å². The van der Waals surface area contributed by atoms with Crippen LogP contribution in [0.1, 0.15) is 15.9 Å². The summed E-state index contributed by atoms with van der Waals surface area (Å²) in [7, 11) is 2.75. The molecule has 0 saturated carbocycles. The van der Waals surface area contributed by atoms with Crippen molar-refractivity contribution < 1.29 is 27.4 Å². The highest BCUT2D eigenvalue weighted by atomic mass is 79.9. The molecule has 0 radical (unpaired) electrons. The number of alkyl halides is 3. The Labute approximate surface area is 144 Å². The van der Waals surface area contributed by atoms with E-state index in [0.717, 1.165) is 12.1 Å². The molecular weight excluding hydrogens is 391 g/mol. The predicted molar refractivity (Wildman–Crippen MR) is 86.6 cm³/mol. The number of halogens is 4. The molecule has 0 aliphatic rings. The van der Waals surface area contributed by atoms with Crippen molar-refractivity contribution in [1.82, 2.24) is 0 Å². The molecule has 0 aliphatic carbocycles. The van der Waals surface area contributed by atoms with Gasteiger partial charge < -0.3 is 14.8 Å². The zero-order valence-electron chi connectivity index (χ0n) is 12.7. The summed E-state index contributed by atoms with van der Waals surface area (Å²) in [5, 5.41) is 2.43. The molecule has 24 heavy (non-hydrogen) atoms. The third kappa shape index (κ3) is 3.81. The van der Waals surface area contributed by atoms with Crippen LogP contribution >= 0.6 is 15.9 Å². The molecule has 0 fully saturated rings. The van der Waals surface area contributed by atoms with Gasteiger partial charge in [-0.3, -0.25) is 4.79 Å². The third-order valence-electron chi connectivity index (χ3n) is 3.17. The van der Waals surface area contributed by atoms with Gasteiger partial charge in [0.1, 0.15) is 17.1 Å². The van der Waals surface area contributed by atoms with Gasteiger partial charge in [-0.15, -0.1) is 0 Å². The SMILES string of the molecule is COc1ccc(Br)c(OC)c1C(=O)Nc1cccc(C(F)(F)F)c1. The molecule has 0 unspecified atom stereocenters. The van der Waals surface area contributed by atoms with Gasteiger partial charge in [0.15, 0.2) is 0 Å². The van der Waals surface area contributed by atoms with Crippen molar-refractivity contribution in [2.45, 2.75) is 6.18 Å². The van der Waals surface area contributed by atoms with Crippen molar-refractivity contribution in [2.24, 2.45) is 0 Å². The minimum Gasteiger partial charge on any atom is -0.496 e. The Kier molecular flexibility index (Phi) is 5.38. The van der Waals surface area contributed by atoms with Crippen LogP contribution in [-0.4, -0.2) is 20.1 Å². The molecule has 0 saturated heterocycles. The Bertz CT molecular complexity index is 763. The minimum atomic E-state index is -4.49. The highest BCUT2D eigenvalue weighted by molar-refractivity contribution is 9.10. The average molecular weight is 404 g/mol. The molecule has 0 atom stereocenters. The molecule has 8 heteroatoms. The zero-order chi connectivity index (χ0) is 17.9. The number of anilines is 1. The number of rotatable bonds is 4. The molecule has 128 valence electrons. The Balaban J connectivity index is 2.39. The number of carbonyl (C=O) groups excluding carboxylic acids is 1. The first kappa shape index (κ1) is 18.1. The number of amides is 1. The number of methoxy groups -OCH3 is 2. The van der Waals surface area contributed by atoms with Crippen molar-refractivity contribution in [2.75, 3.05) is 19.5 Å². The van der Waals surface area contributed by atoms with Gasteiger partial charge in [0.2, 0.25) is 0 Å². The first-order valence-corrected chi connectivity index (χ1v) is 7.46. The van der Waals surface area contributed by atoms with Crippen molar-refractivity contribution in [3.05, 3.63) is 52.0 Å². The van der Waals surface area contributed by atoms with Gasteiger partial charge in [-0.05, 0) is 46.3 Å². The maximum absolute atomic E-state index is 12.8. The van der Waals surface area contributed by atoms with Crippen LogP contribution in [0.3, 0.4) is 0 Å². The Morgan fingerprint density at radius 2 is 1.83 bits per heavy atom. The fraction of sp³-hybridized carbons (Fsp3) is 0.188. The fourth-order valence-electron chi connectivity index (χ4n) is 2.09. The van der Waals surface area contributed by atoms with E-state index in [1.165, 1.54) is 26.4 Å². The standard InChI is InChI=1S/C16H13BrF3NO3/c1-23-12-7-6-11(17)14(24-2)13(12)15(22)21-10-5-3-4-9(8-10)16(18,19)20/h3-8H,1-2H3,(H,21,22). The van der Waals surface area contributed by atoms with Crippen LogP contribution in [0.5, 0.6) is 11.5 Å². The summed E-state index contributed by atoms with van der Waals surface area (Å²) < 4.78 is 49.1. The summed E-state index contributed by atoms with van der Waals surface area (Å²) >= 11 is 3.25. The van der Waals surface area contributed by atoms with Gasteiger partial charge in [0.05, 0.1) is 24.3 Å². The number of ether oxygens (including phenoxy) is 2. The monoisotopic (exact) mass is 403 g/mol. The van der Waals surface area contributed by atoms with Crippen LogP contribution in [0.4, 0.5) is 18.9 Å². The zero-order valence-corrected chi connectivity index (χ0v) is 14.3. The van der Waals surface area contributed by atoms with E-state index in [-0.39, 0.29) is 22.7 Å². The normalized spacial score (nSPS) is 11.1. The molecule has 0 heterocycles. The molecule has 1 N–H and O–H groups in total. The summed E-state index contributed by atoms with van der Waals surface area (Å²) in [5.74, 6) is -0.192. The summed E-state index contributed by atoms with van der Waals surface area (Å²) in [6, 6.07) is 7.55. The van der Waals surface area contributed by atoms with E-state index >= 15 is 0 Å². The Hall–Kier alpha value is -2.22. The number of hydrogen-bond donors (Lipinski definition) is 1. The second-order valence-electron chi connectivity index (χ2n) is 4.69. The van der Waals surface area contributed by atoms with E-state index in [4.69, 9.17) is 9.47 Å². The van der Waals surface area contributed by atoms with Gasteiger partial charge in [0, 0.05) is 5.69 Å². The molecule has 0 bridgehead atoms. The van der Waals surface area contributed by atoms with Crippen molar-refractivity contribution in [3.63, 3.8) is 0 Å². The molecule has 4 nitrogen and oxygen atoms in total. The molecule has 0 aliphatic heterocycles. The molecule has 1 amide bonds. The predicted octanol–water partition coefficient (Wildman–Crippen LogP) is 4.74. The van der Waals surface area contributed by atoms with Gasteiger partial charge in [-0.25, -0.2) is 0 Å². The lowest BCUT2D eigenvalue weighted by Crippen LogP contribution is -2.15. The van der Waals surface area contributed by atoms with Crippen molar-refractivity contribution in [1.29, 1.82) is 0 Å². The maximum atomic E-state index is 12.8. The van der Waals surface area contributed by atoms with Gasteiger partial charge >= 0.3 is 6.18 Å². The van der Waals surface area contributed by atoms with E-state index in [1.54, 1.807) is 12.1 Å². The fourth-order valence-corrected chi connectivity index (χ4v) is 2.58. The van der Waals surface area contributed by atoms with Crippen LogP contribution in [0, 0.1) is 0 Å².